The number of nitrogens with zero attached hydrogens (tertiary/aromatic N) is 3. The zero-order chi connectivity index (χ0) is 13.2. The first-order chi connectivity index (χ1) is 9.29. The van der Waals surface area contributed by atoms with Gasteiger partial charge in [0.2, 0.25) is 0 Å². The van der Waals surface area contributed by atoms with Crippen molar-refractivity contribution >= 4 is 27.4 Å². The van der Waals surface area contributed by atoms with E-state index in [-0.39, 0.29) is 0 Å². The lowest BCUT2D eigenvalue weighted by atomic mass is 9.89. The van der Waals surface area contributed by atoms with E-state index in [1.165, 1.54) is 22.2 Å². The second kappa shape index (κ2) is 5.14. The van der Waals surface area contributed by atoms with Crippen molar-refractivity contribution in [2.24, 2.45) is 5.92 Å². The average Bonchev–Trinajstić information content (AvgIpc) is 2.77. The van der Waals surface area contributed by atoms with Gasteiger partial charge in [0.25, 0.3) is 0 Å². The first-order valence-corrected chi connectivity index (χ1v) is 7.47. The van der Waals surface area contributed by atoms with Crippen LogP contribution in [-0.4, -0.2) is 16.5 Å². The normalized spacial score (nSPS) is 18.0. The van der Waals surface area contributed by atoms with Gasteiger partial charge in [0.05, 0.1) is 17.9 Å². The fraction of sp³-hybridized carbons (Fsp3) is 0.500. The van der Waals surface area contributed by atoms with Crippen molar-refractivity contribution in [3.63, 3.8) is 0 Å². The lowest BCUT2D eigenvalue weighted by Gasteiger charge is -2.18. The van der Waals surface area contributed by atoms with E-state index in [0.717, 1.165) is 29.4 Å². The van der Waals surface area contributed by atoms with Crippen molar-refractivity contribution < 1.29 is 0 Å². The number of anilines is 1. The molecule has 0 spiro atoms. The third kappa shape index (κ3) is 2.28. The molecule has 0 fully saturated rings. The molecule has 2 heterocycles. The SMILES string of the molecule is C[C@H]1CCc2c(sc3ncnc(NCCC#N)c23)C1. The van der Waals surface area contributed by atoms with Gasteiger partial charge in [-0.3, -0.25) is 0 Å². The molecule has 2 aromatic rings. The zero-order valence-corrected chi connectivity index (χ0v) is 11.8. The Kier molecular flexibility index (Phi) is 3.34. The Labute approximate surface area is 116 Å². The van der Waals surface area contributed by atoms with Gasteiger partial charge >= 0.3 is 0 Å². The molecular formula is C14H16N4S. The van der Waals surface area contributed by atoms with E-state index in [1.807, 2.05) is 0 Å². The minimum absolute atomic E-state index is 0.495. The molecule has 3 rings (SSSR count). The predicted octanol–water partition coefficient (Wildman–Crippen LogP) is 3.14. The molecule has 0 aromatic carbocycles. The van der Waals surface area contributed by atoms with Crippen LogP contribution < -0.4 is 5.32 Å². The Morgan fingerprint density at radius 3 is 3.26 bits per heavy atom. The van der Waals surface area contributed by atoms with Gasteiger partial charge in [0.15, 0.2) is 0 Å². The van der Waals surface area contributed by atoms with Gasteiger partial charge in [-0.1, -0.05) is 6.92 Å². The third-order valence-electron chi connectivity index (χ3n) is 3.62. The van der Waals surface area contributed by atoms with Gasteiger partial charge in [-0.05, 0) is 30.7 Å². The van der Waals surface area contributed by atoms with Crippen molar-refractivity contribution in [3.05, 3.63) is 16.8 Å². The summed E-state index contributed by atoms with van der Waals surface area (Å²) in [5, 5.41) is 13.1. The maximum Gasteiger partial charge on any atom is 0.138 e. The number of hydrogen-bond donors (Lipinski definition) is 1. The van der Waals surface area contributed by atoms with E-state index in [4.69, 9.17) is 5.26 Å². The summed E-state index contributed by atoms with van der Waals surface area (Å²) in [7, 11) is 0. The molecule has 0 radical (unpaired) electrons. The van der Waals surface area contributed by atoms with Gasteiger partial charge in [-0.15, -0.1) is 11.3 Å². The summed E-state index contributed by atoms with van der Waals surface area (Å²) in [4.78, 5) is 11.3. The fourth-order valence-electron chi connectivity index (χ4n) is 2.65. The van der Waals surface area contributed by atoms with Crippen molar-refractivity contribution in [3.8, 4) is 6.07 Å². The number of aryl methyl sites for hydroxylation is 1. The summed E-state index contributed by atoms with van der Waals surface area (Å²) in [5.74, 6) is 1.66. The zero-order valence-electron chi connectivity index (χ0n) is 10.9. The van der Waals surface area contributed by atoms with Gasteiger partial charge in [0, 0.05) is 11.4 Å². The largest absolute Gasteiger partial charge is 0.368 e. The molecule has 0 saturated heterocycles. The van der Waals surface area contributed by atoms with Crippen LogP contribution in [0, 0.1) is 17.2 Å². The van der Waals surface area contributed by atoms with E-state index in [1.54, 1.807) is 17.7 Å². The Morgan fingerprint density at radius 1 is 1.53 bits per heavy atom. The minimum atomic E-state index is 0.495. The smallest absolute Gasteiger partial charge is 0.138 e. The number of nitriles is 1. The Balaban J connectivity index is 2.01. The van der Waals surface area contributed by atoms with Crippen LogP contribution in [0.2, 0.25) is 0 Å². The molecule has 0 unspecified atom stereocenters. The summed E-state index contributed by atoms with van der Waals surface area (Å²) in [6, 6.07) is 2.14. The summed E-state index contributed by atoms with van der Waals surface area (Å²) in [6.45, 7) is 2.95. The third-order valence-corrected chi connectivity index (χ3v) is 4.78. The Hall–Kier alpha value is -1.67. The van der Waals surface area contributed by atoms with Gasteiger partial charge < -0.3 is 5.32 Å². The molecule has 1 N–H and O–H groups in total. The lowest BCUT2D eigenvalue weighted by Crippen LogP contribution is -2.09. The maximum absolute atomic E-state index is 8.62. The molecule has 0 aliphatic heterocycles. The molecule has 0 bridgehead atoms. The number of aromatic nitrogens is 2. The second-order valence-electron chi connectivity index (χ2n) is 5.09. The standard InChI is InChI=1S/C14H16N4S/c1-9-3-4-10-11(7-9)19-14-12(10)13(17-8-18-14)16-6-2-5-15/h8-9H,2-4,6-7H2,1H3,(H,16,17,18)/t9-/m0/s1. The average molecular weight is 272 g/mol. The highest BCUT2D eigenvalue weighted by Crippen LogP contribution is 2.39. The monoisotopic (exact) mass is 272 g/mol. The lowest BCUT2D eigenvalue weighted by molar-refractivity contribution is 0.509. The van der Waals surface area contributed by atoms with Crippen LogP contribution in [0.25, 0.3) is 10.2 Å². The van der Waals surface area contributed by atoms with Crippen LogP contribution in [0.15, 0.2) is 6.33 Å². The highest BCUT2D eigenvalue weighted by Gasteiger charge is 2.22. The maximum atomic E-state index is 8.62. The van der Waals surface area contributed by atoms with Gasteiger partial charge in [-0.25, -0.2) is 9.97 Å². The summed E-state index contributed by atoms with van der Waals surface area (Å²) in [5.41, 5.74) is 1.43. The number of hydrogen-bond acceptors (Lipinski definition) is 5. The molecule has 5 heteroatoms. The highest BCUT2D eigenvalue weighted by molar-refractivity contribution is 7.19. The van der Waals surface area contributed by atoms with E-state index < -0.39 is 0 Å². The molecule has 0 amide bonds. The number of nitrogens with one attached hydrogen (secondary N) is 1. The summed E-state index contributed by atoms with van der Waals surface area (Å²) in [6.07, 6.45) is 5.63. The van der Waals surface area contributed by atoms with Crippen LogP contribution in [-0.2, 0) is 12.8 Å². The number of fused-ring (bicyclic) bond motifs is 3. The van der Waals surface area contributed by atoms with Crippen LogP contribution in [0.4, 0.5) is 5.82 Å². The highest BCUT2D eigenvalue weighted by atomic mass is 32.1. The molecule has 4 nitrogen and oxygen atoms in total. The Morgan fingerprint density at radius 2 is 2.42 bits per heavy atom. The molecule has 2 aromatic heterocycles. The molecule has 98 valence electrons. The van der Waals surface area contributed by atoms with Crippen LogP contribution >= 0.6 is 11.3 Å². The van der Waals surface area contributed by atoms with E-state index in [2.05, 4.69) is 28.3 Å². The van der Waals surface area contributed by atoms with E-state index in [9.17, 15) is 0 Å². The van der Waals surface area contributed by atoms with E-state index >= 15 is 0 Å². The summed E-state index contributed by atoms with van der Waals surface area (Å²) >= 11 is 1.80. The van der Waals surface area contributed by atoms with Crippen LogP contribution in [0.1, 0.15) is 30.2 Å². The number of thiophene rings is 1. The predicted molar refractivity (Wildman–Crippen MR) is 77.3 cm³/mol. The van der Waals surface area contributed by atoms with Crippen molar-refractivity contribution in [1.29, 1.82) is 5.26 Å². The first-order valence-electron chi connectivity index (χ1n) is 6.65. The summed E-state index contributed by atoms with van der Waals surface area (Å²) < 4.78 is 0. The van der Waals surface area contributed by atoms with Crippen LogP contribution in [0.3, 0.4) is 0 Å². The van der Waals surface area contributed by atoms with Crippen molar-refractivity contribution in [2.45, 2.75) is 32.6 Å². The molecule has 1 aliphatic rings. The van der Waals surface area contributed by atoms with E-state index in [0.29, 0.717) is 13.0 Å². The topological polar surface area (TPSA) is 61.6 Å². The first kappa shape index (κ1) is 12.4. The molecule has 0 saturated carbocycles. The molecule has 1 atom stereocenters. The minimum Gasteiger partial charge on any atom is -0.368 e. The molecular weight excluding hydrogens is 256 g/mol. The number of rotatable bonds is 3. The van der Waals surface area contributed by atoms with Gasteiger partial charge in [-0.2, -0.15) is 5.26 Å². The molecule has 1 aliphatic carbocycles. The Bertz CT molecular complexity index is 641. The van der Waals surface area contributed by atoms with Crippen molar-refractivity contribution in [2.75, 3.05) is 11.9 Å². The molecule has 19 heavy (non-hydrogen) atoms. The fourth-order valence-corrected chi connectivity index (χ4v) is 4.00. The van der Waals surface area contributed by atoms with Crippen molar-refractivity contribution in [1.82, 2.24) is 9.97 Å². The van der Waals surface area contributed by atoms with Gasteiger partial charge in [0.1, 0.15) is 17.0 Å². The second-order valence-corrected chi connectivity index (χ2v) is 6.17. The quantitative estimate of drug-likeness (QED) is 0.872. The van der Waals surface area contributed by atoms with Crippen LogP contribution in [0.5, 0.6) is 0 Å².